The first-order valence-corrected chi connectivity index (χ1v) is 9.58. The first-order chi connectivity index (χ1) is 12.8. The Kier molecular flexibility index (Phi) is 4.93. The predicted molar refractivity (Wildman–Crippen MR) is 104 cm³/mol. The number of fused-ring (bicyclic) bond motifs is 3. The summed E-state index contributed by atoms with van der Waals surface area (Å²) >= 11 is 0. The van der Waals surface area contributed by atoms with E-state index in [1.165, 1.54) is 32.4 Å². The van der Waals surface area contributed by atoms with Crippen LogP contribution in [0.4, 0.5) is 0 Å². The van der Waals surface area contributed by atoms with Crippen molar-refractivity contribution in [2.75, 3.05) is 33.3 Å². The molecule has 4 nitrogen and oxygen atoms in total. The second-order valence-electron chi connectivity index (χ2n) is 7.13. The van der Waals surface area contributed by atoms with Gasteiger partial charge >= 0.3 is 0 Å². The number of ether oxygens (including phenoxy) is 1. The SMILES string of the molecule is CNC(=O)C1c2ccccc2-c2ccc(OCCN3CCCCC3)cc21. The summed E-state index contributed by atoms with van der Waals surface area (Å²) in [7, 11) is 1.70. The molecule has 2 aromatic rings. The van der Waals surface area contributed by atoms with Crippen LogP contribution < -0.4 is 10.1 Å². The topological polar surface area (TPSA) is 41.6 Å². The molecule has 136 valence electrons. The molecule has 0 saturated carbocycles. The minimum atomic E-state index is -0.253. The molecular formula is C22H26N2O2. The molecule has 1 atom stereocenters. The molecule has 1 saturated heterocycles. The maximum atomic E-state index is 12.5. The highest BCUT2D eigenvalue weighted by atomic mass is 16.5. The van der Waals surface area contributed by atoms with Crippen molar-refractivity contribution >= 4 is 5.91 Å². The fourth-order valence-corrected chi connectivity index (χ4v) is 4.18. The smallest absolute Gasteiger partial charge is 0.231 e. The quantitative estimate of drug-likeness (QED) is 0.898. The van der Waals surface area contributed by atoms with Gasteiger partial charge in [-0.1, -0.05) is 36.8 Å². The van der Waals surface area contributed by atoms with Crippen LogP contribution in [0.1, 0.15) is 36.3 Å². The van der Waals surface area contributed by atoms with Gasteiger partial charge in [0.15, 0.2) is 0 Å². The fraction of sp³-hybridized carbons (Fsp3) is 0.409. The van der Waals surface area contributed by atoms with Gasteiger partial charge in [-0.05, 0) is 60.3 Å². The molecule has 1 unspecified atom stereocenters. The fourth-order valence-electron chi connectivity index (χ4n) is 4.18. The van der Waals surface area contributed by atoms with Gasteiger partial charge in [-0.3, -0.25) is 9.69 Å². The van der Waals surface area contributed by atoms with Crippen molar-refractivity contribution in [3.63, 3.8) is 0 Å². The van der Waals surface area contributed by atoms with Crippen LogP contribution in [-0.4, -0.2) is 44.1 Å². The van der Waals surface area contributed by atoms with Crippen LogP contribution in [0.2, 0.25) is 0 Å². The molecule has 1 aliphatic carbocycles. The molecule has 1 N–H and O–H groups in total. The lowest BCUT2D eigenvalue weighted by atomic mass is 9.96. The largest absolute Gasteiger partial charge is 0.492 e. The normalized spacial score (nSPS) is 18.9. The van der Waals surface area contributed by atoms with Crippen LogP contribution in [0.15, 0.2) is 42.5 Å². The third-order valence-electron chi connectivity index (χ3n) is 5.53. The number of carbonyl (C=O) groups is 1. The van der Waals surface area contributed by atoms with E-state index >= 15 is 0 Å². The van der Waals surface area contributed by atoms with Crippen molar-refractivity contribution in [2.24, 2.45) is 0 Å². The van der Waals surface area contributed by atoms with E-state index in [-0.39, 0.29) is 11.8 Å². The summed E-state index contributed by atoms with van der Waals surface area (Å²) in [6.07, 6.45) is 3.94. The summed E-state index contributed by atoms with van der Waals surface area (Å²) in [6.45, 7) is 4.02. The summed E-state index contributed by atoms with van der Waals surface area (Å²) in [5, 5.41) is 2.81. The number of amides is 1. The molecule has 1 heterocycles. The van der Waals surface area contributed by atoms with Gasteiger partial charge in [0.05, 0.1) is 5.92 Å². The van der Waals surface area contributed by atoms with Crippen molar-refractivity contribution in [2.45, 2.75) is 25.2 Å². The Bertz CT molecular complexity index is 796. The number of piperidine rings is 1. The number of hydrogen-bond acceptors (Lipinski definition) is 3. The third-order valence-corrected chi connectivity index (χ3v) is 5.53. The van der Waals surface area contributed by atoms with Crippen LogP contribution in [0, 0.1) is 0 Å². The summed E-state index contributed by atoms with van der Waals surface area (Å²) in [4.78, 5) is 15.0. The molecule has 1 amide bonds. The molecule has 0 aromatic heterocycles. The second kappa shape index (κ2) is 7.50. The van der Waals surface area contributed by atoms with Crippen molar-refractivity contribution < 1.29 is 9.53 Å². The van der Waals surface area contributed by atoms with Crippen molar-refractivity contribution in [3.05, 3.63) is 53.6 Å². The van der Waals surface area contributed by atoms with Gasteiger partial charge in [-0.15, -0.1) is 0 Å². The van der Waals surface area contributed by atoms with E-state index in [9.17, 15) is 4.79 Å². The Morgan fingerprint density at radius 3 is 2.65 bits per heavy atom. The molecule has 4 rings (SSSR count). The first kappa shape index (κ1) is 17.1. The zero-order valence-corrected chi connectivity index (χ0v) is 15.3. The highest BCUT2D eigenvalue weighted by Crippen LogP contribution is 2.45. The first-order valence-electron chi connectivity index (χ1n) is 9.58. The lowest BCUT2D eigenvalue weighted by Crippen LogP contribution is -2.33. The average Bonchev–Trinajstić information content (AvgIpc) is 3.02. The van der Waals surface area contributed by atoms with Crippen molar-refractivity contribution in [3.8, 4) is 16.9 Å². The lowest BCUT2D eigenvalue weighted by Gasteiger charge is -2.26. The van der Waals surface area contributed by atoms with E-state index in [4.69, 9.17) is 4.74 Å². The van der Waals surface area contributed by atoms with Crippen LogP contribution in [-0.2, 0) is 4.79 Å². The summed E-state index contributed by atoms with van der Waals surface area (Å²) in [5.41, 5.74) is 4.40. The van der Waals surface area contributed by atoms with Crippen molar-refractivity contribution in [1.29, 1.82) is 0 Å². The maximum Gasteiger partial charge on any atom is 0.231 e. The molecule has 0 spiro atoms. The molecular weight excluding hydrogens is 324 g/mol. The van der Waals surface area contributed by atoms with Gasteiger partial charge in [0, 0.05) is 13.6 Å². The Morgan fingerprint density at radius 1 is 1.08 bits per heavy atom. The van der Waals surface area contributed by atoms with Gasteiger partial charge in [0.1, 0.15) is 12.4 Å². The third kappa shape index (κ3) is 3.21. The average molecular weight is 350 g/mol. The minimum Gasteiger partial charge on any atom is -0.492 e. The number of nitrogens with zero attached hydrogens (tertiary/aromatic N) is 1. The van der Waals surface area contributed by atoms with E-state index in [1.54, 1.807) is 7.05 Å². The molecule has 2 aromatic carbocycles. The van der Waals surface area contributed by atoms with Gasteiger partial charge in [0.25, 0.3) is 0 Å². The predicted octanol–water partition coefficient (Wildman–Crippen LogP) is 3.41. The monoisotopic (exact) mass is 350 g/mol. The van der Waals surface area contributed by atoms with Crippen molar-refractivity contribution in [1.82, 2.24) is 10.2 Å². The highest BCUT2D eigenvalue weighted by Gasteiger charge is 2.33. The van der Waals surface area contributed by atoms with Crippen LogP contribution in [0.25, 0.3) is 11.1 Å². The van der Waals surface area contributed by atoms with Gasteiger partial charge in [-0.25, -0.2) is 0 Å². The molecule has 0 bridgehead atoms. The van der Waals surface area contributed by atoms with Crippen LogP contribution in [0.5, 0.6) is 5.75 Å². The summed E-state index contributed by atoms with van der Waals surface area (Å²) < 4.78 is 6.02. The Hall–Kier alpha value is -2.33. The number of hydrogen-bond donors (Lipinski definition) is 1. The number of likely N-dealkylation sites (tertiary alicyclic amines) is 1. The van der Waals surface area contributed by atoms with Crippen LogP contribution in [0.3, 0.4) is 0 Å². The van der Waals surface area contributed by atoms with E-state index in [0.29, 0.717) is 6.61 Å². The Morgan fingerprint density at radius 2 is 1.85 bits per heavy atom. The number of likely N-dealkylation sites (N-methyl/N-ethyl adjacent to an activating group) is 1. The number of rotatable bonds is 5. The maximum absolute atomic E-state index is 12.5. The van der Waals surface area contributed by atoms with Gasteiger partial charge < -0.3 is 10.1 Å². The van der Waals surface area contributed by atoms with Gasteiger partial charge in [-0.2, -0.15) is 0 Å². The molecule has 0 radical (unpaired) electrons. The minimum absolute atomic E-state index is 0.0293. The van der Waals surface area contributed by atoms with E-state index < -0.39 is 0 Å². The highest BCUT2D eigenvalue weighted by molar-refractivity contribution is 5.96. The Balaban J connectivity index is 1.52. The summed E-state index contributed by atoms with van der Waals surface area (Å²) in [5.74, 6) is 0.626. The van der Waals surface area contributed by atoms with Gasteiger partial charge in [0.2, 0.25) is 5.91 Å². The molecule has 2 aliphatic rings. The molecule has 4 heteroatoms. The standard InChI is InChI=1S/C22H26N2O2/c1-23-22(25)21-19-8-4-3-7-17(19)18-10-9-16(15-20(18)21)26-14-13-24-11-5-2-6-12-24/h3-4,7-10,15,21H,2,5-6,11-14H2,1H3,(H,23,25). The zero-order valence-electron chi connectivity index (χ0n) is 15.3. The molecule has 26 heavy (non-hydrogen) atoms. The van der Waals surface area contributed by atoms with E-state index in [2.05, 4.69) is 22.3 Å². The second-order valence-corrected chi connectivity index (χ2v) is 7.13. The Labute approximate surface area is 155 Å². The number of nitrogens with one attached hydrogen (secondary N) is 1. The molecule has 1 aliphatic heterocycles. The lowest BCUT2D eigenvalue weighted by molar-refractivity contribution is -0.121. The zero-order chi connectivity index (χ0) is 17.9. The van der Waals surface area contributed by atoms with E-state index in [1.807, 2.05) is 30.3 Å². The van der Waals surface area contributed by atoms with Crippen LogP contribution >= 0.6 is 0 Å². The number of carbonyl (C=O) groups excluding carboxylic acids is 1. The van der Waals surface area contributed by atoms with E-state index in [0.717, 1.165) is 34.5 Å². The molecule has 1 fully saturated rings. The summed E-state index contributed by atoms with van der Waals surface area (Å²) in [6, 6.07) is 14.3. The number of benzene rings is 2.